The zero-order valence-corrected chi connectivity index (χ0v) is 23.3. The maximum Gasteiger partial charge on any atom is 0.303 e. The molecule has 4 bridgehead atoms. The lowest BCUT2D eigenvalue weighted by Crippen LogP contribution is -2.58. The van der Waals surface area contributed by atoms with Gasteiger partial charge in [0.2, 0.25) is 0 Å². The molecule has 6 atom stereocenters. The molecule has 2 aromatic rings. The molecule has 4 fully saturated rings. The van der Waals surface area contributed by atoms with Crippen molar-refractivity contribution in [3.8, 4) is 0 Å². The highest BCUT2D eigenvalue weighted by Gasteiger charge is 2.45. The van der Waals surface area contributed by atoms with E-state index in [1.807, 2.05) is 28.8 Å². The van der Waals surface area contributed by atoms with E-state index in [4.69, 9.17) is 9.94 Å². The van der Waals surface area contributed by atoms with Gasteiger partial charge in [-0.1, -0.05) is 43.0 Å². The number of hydrogen-bond acceptors (Lipinski definition) is 7. The largest absolute Gasteiger partial charge is 0.481 e. The highest BCUT2D eigenvalue weighted by atomic mass is 16.6. The van der Waals surface area contributed by atoms with E-state index in [1.54, 1.807) is 0 Å². The predicted octanol–water partition coefficient (Wildman–Crippen LogP) is 4.50. The number of nitrogens with zero attached hydrogens (tertiary/aromatic N) is 4. The van der Waals surface area contributed by atoms with Crippen molar-refractivity contribution in [1.82, 2.24) is 14.5 Å². The van der Waals surface area contributed by atoms with Crippen LogP contribution in [0.5, 0.6) is 0 Å². The molecule has 0 unspecified atom stereocenters. The molecule has 1 aromatic carbocycles. The Labute approximate surface area is 235 Å². The molecule has 2 saturated heterocycles. The Morgan fingerprint density at radius 3 is 2.33 bits per heavy atom. The first-order valence-corrected chi connectivity index (χ1v) is 15.3. The fourth-order valence-electron chi connectivity index (χ4n) is 8.44. The standard InChI is InChI=1S/C31H42N4O5/c36-13-14-40-33-27(11-12-29(37)38)30-31(39)35(28-10-2-1-9-26(28)32-30)25-18-22-7-4-8-23(19-25)34(22)24-16-20-5-3-6-21(15-20)17-24/h1-2,9-10,20-25,36H,3-8,11-19H2,(H,37,38)/b33-27+/t20-,21+,22-,23+,24+,25+. The van der Waals surface area contributed by atoms with Crippen LogP contribution in [0.25, 0.3) is 11.0 Å². The van der Waals surface area contributed by atoms with Gasteiger partial charge in [-0.05, 0) is 68.9 Å². The summed E-state index contributed by atoms with van der Waals surface area (Å²) in [5.74, 6) is 0.798. The molecule has 216 valence electrons. The molecule has 6 rings (SSSR count). The quantitative estimate of drug-likeness (QED) is 0.268. The SMILES string of the molecule is O=C(O)CC/C(=N\OCCO)c1nc2ccccc2n([C@H]2C[C@H]3CCC[C@@H](C2)N3[C@H]2C[C@@H]3CCC[C@@H](C3)C2)c1=O. The van der Waals surface area contributed by atoms with Crippen LogP contribution in [-0.2, 0) is 9.63 Å². The number of carboxylic acids is 1. The third-order valence-electron chi connectivity index (χ3n) is 9.90. The van der Waals surface area contributed by atoms with Gasteiger partial charge >= 0.3 is 5.97 Å². The molecule has 2 saturated carbocycles. The van der Waals surface area contributed by atoms with Crippen LogP contribution in [0.4, 0.5) is 0 Å². The van der Waals surface area contributed by atoms with E-state index in [0.717, 1.165) is 30.2 Å². The van der Waals surface area contributed by atoms with E-state index >= 15 is 0 Å². The molecular formula is C31H42N4O5. The summed E-state index contributed by atoms with van der Waals surface area (Å²) in [5, 5.41) is 22.5. The number of aliphatic hydroxyl groups excluding tert-OH is 1. The van der Waals surface area contributed by atoms with E-state index in [-0.39, 0.29) is 49.1 Å². The minimum atomic E-state index is -0.983. The number of oxime groups is 1. The summed E-state index contributed by atoms with van der Waals surface area (Å²) in [6, 6.07) is 9.41. The van der Waals surface area contributed by atoms with Crippen molar-refractivity contribution in [2.24, 2.45) is 17.0 Å². The number of carbonyl (C=O) groups is 1. The van der Waals surface area contributed by atoms with E-state index in [2.05, 4.69) is 15.0 Å². The molecule has 9 heteroatoms. The fourth-order valence-corrected chi connectivity index (χ4v) is 8.44. The Hall–Kier alpha value is -2.78. The van der Waals surface area contributed by atoms with Gasteiger partial charge in [0.1, 0.15) is 12.3 Å². The van der Waals surface area contributed by atoms with Crippen molar-refractivity contribution in [3.63, 3.8) is 0 Å². The van der Waals surface area contributed by atoms with Gasteiger partial charge in [-0.2, -0.15) is 0 Å². The lowest BCUT2D eigenvalue weighted by atomic mass is 9.68. The second-order valence-electron chi connectivity index (χ2n) is 12.4. The summed E-state index contributed by atoms with van der Waals surface area (Å²) in [7, 11) is 0. The summed E-state index contributed by atoms with van der Waals surface area (Å²) >= 11 is 0. The van der Waals surface area contributed by atoms with Gasteiger partial charge in [-0.15, -0.1) is 0 Å². The maximum atomic E-state index is 14.2. The Morgan fingerprint density at radius 2 is 1.62 bits per heavy atom. The highest BCUT2D eigenvalue weighted by molar-refractivity contribution is 6.00. The van der Waals surface area contributed by atoms with Crippen molar-refractivity contribution in [3.05, 3.63) is 40.3 Å². The Bertz CT molecular complexity index is 1280. The monoisotopic (exact) mass is 550 g/mol. The lowest BCUT2D eigenvalue weighted by molar-refractivity contribution is -0.136. The van der Waals surface area contributed by atoms with E-state index in [0.29, 0.717) is 23.6 Å². The van der Waals surface area contributed by atoms with Crippen LogP contribution < -0.4 is 5.56 Å². The number of rotatable bonds is 9. The van der Waals surface area contributed by atoms with Crippen molar-refractivity contribution in [1.29, 1.82) is 0 Å². The van der Waals surface area contributed by atoms with Crippen LogP contribution >= 0.6 is 0 Å². The summed E-state index contributed by atoms with van der Waals surface area (Å²) < 4.78 is 1.93. The molecular weight excluding hydrogens is 508 g/mol. The molecule has 9 nitrogen and oxygen atoms in total. The maximum absolute atomic E-state index is 14.2. The number of fused-ring (bicyclic) bond motifs is 5. The predicted molar refractivity (Wildman–Crippen MR) is 152 cm³/mol. The van der Waals surface area contributed by atoms with Gasteiger partial charge in [0.15, 0.2) is 5.69 Å². The van der Waals surface area contributed by atoms with Crippen molar-refractivity contribution in [2.75, 3.05) is 13.2 Å². The van der Waals surface area contributed by atoms with Crippen LogP contribution in [0.3, 0.4) is 0 Å². The van der Waals surface area contributed by atoms with E-state index in [9.17, 15) is 14.7 Å². The smallest absolute Gasteiger partial charge is 0.303 e. The van der Waals surface area contributed by atoms with Crippen LogP contribution in [-0.4, -0.2) is 67.7 Å². The zero-order valence-electron chi connectivity index (χ0n) is 23.3. The number of benzene rings is 1. The first-order valence-electron chi connectivity index (χ1n) is 15.3. The molecule has 0 spiro atoms. The molecule has 2 N–H and O–H groups in total. The Morgan fingerprint density at radius 1 is 0.925 bits per heavy atom. The molecule has 4 aliphatic rings. The number of carboxylic acid groups (broad SMARTS) is 1. The molecule has 2 aliphatic carbocycles. The fraction of sp³-hybridized carbons (Fsp3) is 0.677. The second-order valence-corrected chi connectivity index (χ2v) is 12.4. The van der Waals surface area contributed by atoms with Crippen LogP contribution in [0.1, 0.15) is 95.2 Å². The van der Waals surface area contributed by atoms with Gasteiger partial charge < -0.3 is 19.6 Å². The summed E-state index contributed by atoms with van der Waals surface area (Å²) in [6.45, 7) is -0.266. The minimum Gasteiger partial charge on any atom is -0.481 e. The minimum absolute atomic E-state index is 0.0229. The zero-order chi connectivity index (χ0) is 27.6. The van der Waals surface area contributed by atoms with Crippen LogP contribution in [0.2, 0.25) is 0 Å². The molecule has 0 radical (unpaired) electrons. The normalized spacial score (nSPS) is 30.8. The van der Waals surface area contributed by atoms with Gasteiger partial charge in [-0.25, -0.2) is 4.98 Å². The first kappa shape index (κ1) is 27.4. The highest BCUT2D eigenvalue weighted by Crippen LogP contribution is 2.47. The van der Waals surface area contributed by atoms with Crippen molar-refractivity contribution < 1.29 is 19.8 Å². The van der Waals surface area contributed by atoms with Gasteiger partial charge in [0.25, 0.3) is 5.56 Å². The van der Waals surface area contributed by atoms with Gasteiger partial charge in [-0.3, -0.25) is 14.5 Å². The average molecular weight is 551 g/mol. The number of aliphatic carboxylic acids is 1. The van der Waals surface area contributed by atoms with Crippen molar-refractivity contribution >= 4 is 22.7 Å². The third kappa shape index (κ3) is 5.55. The molecule has 3 heterocycles. The molecule has 2 aliphatic heterocycles. The average Bonchev–Trinajstić information content (AvgIpc) is 2.94. The third-order valence-corrected chi connectivity index (χ3v) is 9.90. The van der Waals surface area contributed by atoms with Gasteiger partial charge in [0.05, 0.1) is 24.1 Å². The topological polar surface area (TPSA) is 117 Å². The molecule has 1 aromatic heterocycles. The summed E-state index contributed by atoms with van der Waals surface area (Å²) in [6.07, 6.45) is 13.6. The molecule has 0 amide bonds. The number of para-hydroxylation sites is 2. The Balaban J connectivity index is 1.34. The van der Waals surface area contributed by atoms with Crippen LogP contribution in [0, 0.1) is 11.8 Å². The second kappa shape index (κ2) is 12.0. The summed E-state index contributed by atoms with van der Waals surface area (Å²) in [4.78, 5) is 38.3. The van der Waals surface area contributed by atoms with Gasteiger partial charge in [0, 0.05) is 30.6 Å². The van der Waals surface area contributed by atoms with Crippen LogP contribution in [0.15, 0.2) is 34.2 Å². The van der Waals surface area contributed by atoms with E-state index in [1.165, 1.54) is 57.8 Å². The Kier molecular flexibility index (Phi) is 8.21. The number of piperidine rings is 2. The first-order chi connectivity index (χ1) is 19.5. The number of hydrogen-bond donors (Lipinski definition) is 2. The van der Waals surface area contributed by atoms with E-state index < -0.39 is 5.97 Å². The lowest BCUT2D eigenvalue weighted by Gasteiger charge is -2.55. The summed E-state index contributed by atoms with van der Waals surface area (Å²) in [5.41, 5.74) is 1.63. The number of aliphatic hydroxyl groups is 1. The molecule has 40 heavy (non-hydrogen) atoms. The number of aromatic nitrogens is 2. The van der Waals surface area contributed by atoms with Crippen molar-refractivity contribution in [2.45, 2.75) is 108 Å².